The van der Waals surface area contributed by atoms with E-state index in [1.54, 1.807) is 7.05 Å². The van der Waals surface area contributed by atoms with Crippen molar-refractivity contribution in [3.63, 3.8) is 0 Å². The van der Waals surface area contributed by atoms with Crippen LogP contribution in [0.1, 0.15) is 88.9 Å². The Labute approximate surface area is 270 Å². The molecule has 0 radical (unpaired) electrons. The summed E-state index contributed by atoms with van der Waals surface area (Å²) in [7, 11) is 3.55. The summed E-state index contributed by atoms with van der Waals surface area (Å²) >= 11 is 0. The number of rotatable bonds is 10. The van der Waals surface area contributed by atoms with E-state index in [0.717, 1.165) is 85.0 Å². The number of nitrogens with one attached hydrogen (secondary N) is 4. The number of H-pyrrole nitrogens is 1. The van der Waals surface area contributed by atoms with E-state index in [9.17, 15) is 10.1 Å². The highest BCUT2D eigenvalue weighted by molar-refractivity contribution is 5.94. The summed E-state index contributed by atoms with van der Waals surface area (Å²) < 4.78 is 0. The van der Waals surface area contributed by atoms with Gasteiger partial charge in [0.1, 0.15) is 6.04 Å². The lowest BCUT2D eigenvalue weighted by Gasteiger charge is -2.43. The van der Waals surface area contributed by atoms with Crippen molar-refractivity contribution < 1.29 is 4.79 Å². The molecule has 2 aromatic carbocycles. The molecule has 2 saturated carbocycles. The zero-order chi connectivity index (χ0) is 32.1. The normalized spacial score (nSPS) is 25.4. The molecule has 4 N–H and O–H groups in total. The maximum Gasteiger partial charge on any atom is 0.251 e. The minimum absolute atomic E-state index is 0.0834. The van der Waals surface area contributed by atoms with Gasteiger partial charge in [-0.05, 0) is 96.9 Å². The van der Waals surface area contributed by atoms with E-state index < -0.39 is 5.41 Å². The number of aromatic amines is 1. The van der Waals surface area contributed by atoms with E-state index in [-0.39, 0.29) is 17.5 Å². The molecule has 1 aliphatic heterocycles. The first-order valence-electron chi connectivity index (χ1n) is 16.5. The van der Waals surface area contributed by atoms with E-state index >= 15 is 0 Å². The van der Waals surface area contributed by atoms with Crippen molar-refractivity contribution in [2.75, 3.05) is 20.6 Å². The monoisotopic (exact) mass is 617 g/mol. The number of aromatic nitrogens is 4. The van der Waals surface area contributed by atoms with Gasteiger partial charge in [0.15, 0.2) is 5.82 Å². The van der Waals surface area contributed by atoms with Gasteiger partial charge in [-0.2, -0.15) is 10.5 Å². The SMILES string of the molecule is C=C(NC)c1ccc2c(c1)CCc1cc(C(=O)NC)ccc1C2(CC1(NCC(=C)N2C(C#N)C[C@@H]3C[C@@H]32)CCCC1)c1nn[nH]n1. The second kappa shape index (κ2) is 11.7. The molecule has 4 atom stereocenters. The van der Waals surface area contributed by atoms with E-state index in [1.165, 1.54) is 5.56 Å². The van der Waals surface area contributed by atoms with Crippen LogP contribution in [0.15, 0.2) is 55.3 Å². The van der Waals surface area contributed by atoms with Crippen molar-refractivity contribution in [3.05, 3.63) is 94.5 Å². The fourth-order valence-electron chi connectivity index (χ4n) is 8.70. The first kappa shape index (κ1) is 30.2. The first-order chi connectivity index (χ1) is 22.3. The molecule has 10 heteroatoms. The maximum absolute atomic E-state index is 12.8. The van der Waals surface area contributed by atoms with Crippen LogP contribution in [0.4, 0.5) is 0 Å². The molecule has 1 amide bonds. The molecule has 10 nitrogen and oxygen atoms in total. The Bertz CT molecular complexity index is 1650. The molecular formula is C36H43N9O. The molecule has 7 rings (SSSR count). The summed E-state index contributed by atoms with van der Waals surface area (Å²) in [5.74, 6) is 1.15. The van der Waals surface area contributed by atoms with Gasteiger partial charge in [0.25, 0.3) is 5.91 Å². The van der Waals surface area contributed by atoms with Crippen molar-refractivity contribution in [2.45, 2.75) is 80.8 Å². The fourth-order valence-corrected chi connectivity index (χ4v) is 8.70. The van der Waals surface area contributed by atoms with Gasteiger partial charge in [-0.15, -0.1) is 10.2 Å². The van der Waals surface area contributed by atoms with Gasteiger partial charge in [-0.3, -0.25) is 4.79 Å². The summed E-state index contributed by atoms with van der Waals surface area (Å²) in [4.78, 5) is 15.1. The highest BCUT2D eigenvalue weighted by Gasteiger charge is 2.54. The van der Waals surface area contributed by atoms with Gasteiger partial charge >= 0.3 is 0 Å². The third-order valence-corrected chi connectivity index (χ3v) is 11.1. The number of aryl methyl sites for hydroxylation is 2. The summed E-state index contributed by atoms with van der Waals surface area (Å²) in [6, 6.07) is 15.6. The molecule has 3 aliphatic carbocycles. The summed E-state index contributed by atoms with van der Waals surface area (Å²) in [5.41, 5.74) is 7.16. The van der Waals surface area contributed by atoms with Crippen molar-refractivity contribution in [1.82, 2.24) is 41.5 Å². The van der Waals surface area contributed by atoms with Gasteiger partial charge in [0.05, 0.1) is 11.5 Å². The zero-order valence-corrected chi connectivity index (χ0v) is 26.8. The molecule has 3 fully saturated rings. The Morgan fingerprint density at radius 1 is 1.04 bits per heavy atom. The molecule has 3 aromatic rings. The smallest absolute Gasteiger partial charge is 0.251 e. The third kappa shape index (κ3) is 4.98. The zero-order valence-electron chi connectivity index (χ0n) is 26.8. The van der Waals surface area contributed by atoms with Crippen LogP contribution < -0.4 is 16.0 Å². The number of benzene rings is 2. The molecule has 238 valence electrons. The van der Waals surface area contributed by atoms with Gasteiger partial charge in [-0.25, -0.2) is 0 Å². The van der Waals surface area contributed by atoms with Crippen LogP contribution in [0.25, 0.3) is 5.70 Å². The van der Waals surface area contributed by atoms with Gasteiger partial charge < -0.3 is 20.9 Å². The van der Waals surface area contributed by atoms with Crippen LogP contribution in [0, 0.1) is 17.2 Å². The lowest BCUT2D eigenvalue weighted by molar-refractivity contribution is 0.0963. The lowest BCUT2D eigenvalue weighted by Crippen LogP contribution is -2.51. The number of hydrogen-bond donors (Lipinski definition) is 4. The molecular weight excluding hydrogens is 574 g/mol. The van der Waals surface area contributed by atoms with Crippen LogP contribution in [-0.4, -0.2) is 69.7 Å². The fraction of sp³-hybridized carbons (Fsp3) is 0.472. The Hall–Kier alpha value is -4.49. The number of amides is 1. The number of nitriles is 1. The Balaban J connectivity index is 1.35. The van der Waals surface area contributed by atoms with Crippen molar-refractivity contribution in [3.8, 4) is 6.07 Å². The third-order valence-electron chi connectivity index (χ3n) is 11.1. The number of carbonyl (C=O) groups is 1. The maximum atomic E-state index is 12.8. The average molecular weight is 618 g/mol. The molecule has 4 aliphatic rings. The highest BCUT2D eigenvalue weighted by Crippen LogP contribution is 2.52. The van der Waals surface area contributed by atoms with Crippen molar-refractivity contribution >= 4 is 11.6 Å². The minimum atomic E-state index is -0.738. The van der Waals surface area contributed by atoms with Crippen LogP contribution in [0.5, 0.6) is 0 Å². The predicted molar refractivity (Wildman–Crippen MR) is 177 cm³/mol. The summed E-state index contributed by atoms with van der Waals surface area (Å²) in [5, 5.41) is 36.2. The number of fused-ring (bicyclic) bond motifs is 3. The summed E-state index contributed by atoms with van der Waals surface area (Å²) in [6.07, 6.45) is 8.64. The quantitative estimate of drug-likeness (QED) is 0.269. The number of carbonyl (C=O) groups excluding carboxylic acids is 1. The number of nitrogens with zero attached hydrogens (tertiary/aromatic N) is 5. The number of tetrazole rings is 1. The molecule has 2 unspecified atom stereocenters. The Morgan fingerprint density at radius 3 is 2.37 bits per heavy atom. The standard InChI is InChI=1S/C36H43N9O/c1-22(45-29(19-37)17-28-18-32(28)45)20-40-35(13-5-6-14-35)21-36(34-41-43-44-42-34)30-11-9-24(23(2)38-3)15-25(30)7-8-26-16-27(33(46)39-4)10-12-31(26)36/h9-12,15-16,28-29,32,38,40H,1-2,5-8,13-14,17-18,20-21H2,3-4H3,(H,39,46)(H,41,42,43,44)/t28-,29?,32+,36?/m1/s1. The van der Waals surface area contributed by atoms with Crippen molar-refractivity contribution in [2.24, 2.45) is 5.92 Å². The predicted octanol–water partition coefficient (Wildman–Crippen LogP) is 3.97. The molecule has 1 saturated heterocycles. The second-order valence-electron chi connectivity index (χ2n) is 13.6. The van der Waals surface area contributed by atoms with E-state index in [1.807, 2.05) is 19.2 Å². The average Bonchev–Trinajstić information content (AvgIpc) is 3.43. The van der Waals surface area contributed by atoms with Crippen LogP contribution in [0.2, 0.25) is 0 Å². The van der Waals surface area contributed by atoms with E-state index in [2.05, 4.69) is 79.9 Å². The molecule has 0 spiro atoms. The van der Waals surface area contributed by atoms with E-state index in [4.69, 9.17) is 5.10 Å². The topological polar surface area (TPSA) is 135 Å². The summed E-state index contributed by atoms with van der Waals surface area (Å²) in [6.45, 7) is 9.35. The van der Waals surface area contributed by atoms with Gasteiger partial charge in [0.2, 0.25) is 0 Å². The Morgan fingerprint density at radius 2 is 1.74 bits per heavy atom. The van der Waals surface area contributed by atoms with Gasteiger partial charge in [0, 0.05) is 49.2 Å². The Kier molecular flexibility index (Phi) is 7.68. The second-order valence-corrected chi connectivity index (χ2v) is 13.6. The van der Waals surface area contributed by atoms with Gasteiger partial charge in [-0.1, -0.05) is 49.4 Å². The van der Waals surface area contributed by atoms with Crippen molar-refractivity contribution in [1.29, 1.82) is 5.26 Å². The minimum Gasteiger partial charge on any atom is -0.388 e. The number of piperidine rings is 1. The molecule has 1 aromatic heterocycles. The first-order valence-corrected chi connectivity index (χ1v) is 16.5. The largest absolute Gasteiger partial charge is 0.388 e. The lowest BCUT2D eigenvalue weighted by atomic mass is 9.64. The van der Waals surface area contributed by atoms with Crippen LogP contribution in [-0.2, 0) is 18.3 Å². The molecule has 2 heterocycles. The number of likely N-dealkylation sites (tertiary alicyclic amines) is 1. The molecule has 46 heavy (non-hydrogen) atoms. The molecule has 0 bridgehead atoms. The number of hydrogen-bond acceptors (Lipinski definition) is 8. The van der Waals surface area contributed by atoms with Crippen LogP contribution >= 0.6 is 0 Å². The van der Waals surface area contributed by atoms with Crippen LogP contribution in [0.3, 0.4) is 0 Å². The highest BCUT2D eigenvalue weighted by atomic mass is 16.1. The van der Waals surface area contributed by atoms with E-state index in [0.29, 0.717) is 36.3 Å².